The number of carbonyl (C=O) groups is 1. The minimum absolute atomic E-state index is 0.120. The van der Waals surface area contributed by atoms with Crippen LogP contribution in [-0.4, -0.2) is 10.5 Å². The van der Waals surface area contributed by atoms with E-state index in [1.54, 1.807) is 6.26 Å². The van der Waals surface area contributed by atoms with Gasteiger partial charge in [-0.1, -0.05) is 48.0 Å². The molecule has 0 spiro atoms. The van der Waals surface area contributed by atoms with Crippen LogP contribution in [0.1, 0.15) is 28.0 Å². The number of hydrogen-bond acceptors (Lipinski definition) is 2. The van der Waals surface area contributed by atoms with Crippen molar-refractivity contribution in [1.29, 1.82) is 0 Å². The molecule has 0 aliphatic rings. The molecule has 0 radical (unpaired) electrons. The number of amides is 1. The summed E-state index contributed by atoms with van der Waals surface area (Å²) >= 11 is 0. The van der Waals surface area contributed by atoms with E-state index in [0.717, 1.165) is 41.7 Å². The highest BCUT2D eigenvalue weighted by atomic mass is 16.3. The highest BCUT2D eigenvalue weighted by molar-refractivity contribution is 6.05. The molecule has 2 heterocycles. The Bertz CT molecular complexity index is 1040. The molecule has 1 N–H and O–H groups in total. The molecule has 1 amide bonds. The molecule has 4 aromatic rings. The van der Waals surface area contributed by atoms with Crippen LogP contribution >= 0.6 is 0 Å². The third kappa shape index (κ3) is 3.80. The molecule has 0 bridgehead atoms. The van der Waals surface area contributed by atoms with E-state index in [9.17, 15) is 4.79 Å². The van der Waals surface area contributed by atoms with Crippen molar-refractivity contribution >= 4 is 22.7 Å². The lowest BCUT2D eigenvalue weighted by Gasteiger charge is -2.11. The van der Waals surface area contributed by atoms with Crippen LogP contribution in [0.25, 0.3) is 11.1 Å². The zero-order valence-electron chi connectivity index (χ0n) is 15.3. The molecule has 4 heteroatoms. The van der Waals surface area contributed by atoms with Crippen molar-refractivity contribution in [3.05, 3.63) is 89.8 Å². The minimum Gasteiger partial charge on any atom is -0.463 e. The van der Waals surface area contributed by atoms with E-state index >= 15 is 0 Å². The summed E-state index contributed by atoms with van der Waals surface area (Å²) in [5.41, 5.74) is 5.58. The monoisotopic (exact) mass is 358 g/mol. The second kappa shape index (κ2) is 7.54. The van der Waals surface area contributed by atoms with E-state index in [1.807, 2.05) is 54.0 Å². The van der Waals surface area contributed by atoms with Gasteiger partial charge in [-0.05, 0) is 37.5 Å². The number of fused-ring (bicyclic) bond motifs is 1. The normalized spacial score (nSPS) is 11.0. The number of carbonyl (C=O) groups excluding carboxylic acids is 1. The Labute approximate surface area is 158 Å². The van der Waals surface area contributed by atoms with Gasteiger partial charge >= 0.3 is 0 Å². The average molecular weight is 358 g/mol. The van der Waals surface area contributed by atoms with Crippen molar-refractivity contribution in [2.75, 3.05) is 5.32 Å². The van der Waals surface area contributed by atoms with Gasteiger partial charge < -0.3 is 14.3 Å². The number of nitrogens with one attached hydrogen (secondary N) is 1. The maximum Gasteiger partial charge on any atom is 0.272 e. The summed E-state index contributed by atoms with van der Waals surface area (Å²) in [7, 11) is 0. The summed E-state index contributed by atoms with van der Waals surface area (Å²) in [6.07, 6.45) is 3.58. The SMILES string of the molecule is Cc1ccc(NC(=O)c2cc3occc3n2CCCc2ccccc2)cc1. The Morgan fingerprint density at radius 3 is 2.59 bits per heavy atom. The lowest BCUT2D eigenvalue weighted by Crippen LogP contribution is -2.17. The maximum absolute atomic E-state index is 12.8. The number of hydrogen-bond donors (Lipinski definition) is 1. The van der Waals surface area contributed by atoms with Gasteiger partial charge in [0.2, 0.25) is 0 Å². The van der Waals surface area contributed by atoms with Crippen molar-refractivity contribution in [3.63, 3.8) is 0 Å². The molecule has 0 aliphatic heterocycles. The fraction of sp³-hybridized carbons (Fsp3) is 0.174. The van der Waals surface area contributed by atoms with Crippen molar-refractivity contribution in [1.82, 2.24) is 4.57 Å². The van der Waals surface area contributed by atoms with Crippen LogP contribution in [0, 0.1) is 6.92 Å². The van der Waals surface area contributed by atoms with Crippen LogP contribution < -0.4 is 5.32 Å². The number of benzene rings is 2. The van der Waals surface area contributed by atoms with Gasteiger partial charge in [-0.25, -0.2) is 0 Å². The van der Waals surface area contributed by atoms with Crippen LogP contribution in [-0.2, 0) is 13.0 Å². The van der Waals surface area contributed by atoms with Crippen LogP contribution in [0.3, 0.4) is 0 Å². The summed E-state index contributed by atoms with van der Waals surface area (Å²) in [4.78, 5) is 12.8. The molecule has 0 aliphatic carbocycles. The van der Waals surface area contributed by atoms with E-state index in [2.05, 4.69) is 29.6 Å². The lowest BCUT2D eigenvalue weighted by molar-refractivity contribution is 0.101. The largest absolute Gasteiger partial charge is 0.463 e. The Balaban J connectivity index is 1.53. The Morgan fingerprint density at radius 2 is 1.81 bits per heavy atom. The Morgan fingerprint density at radius 1 is 1.04 bits per heavy atom. The van der Waals surface area contributed by atoms with Gasteiger partial charge in [0, 0.05) is 24.4 Å². The van der Waals surface area contributed by atoms with E-state index in [4.69, 9.17) is 4.42 Å². The summed E-state index contributed by atoms with van der Waals surface area (Å²) in [5.74, 6) is -0.120. The molecule has 2 aromatic carbocycles. The molecule has 0 atom stereocenters. The number of anilines is 1. The summed E-state index contributed by atoms with van der Waals surface area (Å²) in [5, 5.41) is 2.98. The molecule has 4 rings (SSSR count). The minimum atomic E-state index is -0.120. The smallest absolute Gasteiger partial charge is 0.272 e. The molecule has 0 saturated heterocycles. The predicted molar refractivity (Wildman–Crippen MR) is 108 cm³/mol. The quantitative estimate of drug-likeness (QED) is 0.500. The summed E-state index contributed by atoms with van der Waals surface area (Å²) < 4.78 is 7.57. The van der Waals surface area contributed by atoms with Gasteiger partial charge in [-0.3, -0.25) is 4.79 Å². The number of nitrogens with zero attached hydrogens (tertiary/aromatic N) is 1. The van der Waals surface area contributed by atoms with E-state index in [1.165, 1.54) is 5.56 Å². The van der Waals surface area contributed by atoms with Crippen molar-refractivity contribution in [2.45, 2.75) is 26.3 Å². The van der Waals surface area contributed by atoms with Crippen molar-refractivity contribution in [2.24, 2.45) is 0 Å². The van der Waals surface area contributed by atoms with E-state index in [-0.39, 0.29) is 5.91 Å². The molecule has 0 saturated carbocycles. The van der Waals surface area contributed by atoms with Gasteiger partial charge in [0.1, 0.15) is 5.69 Å². The van der Waals surface area contributed by atoms with E-state index < -0.39 is 0 Å². The van der Waals surface area contributed by atoms with Gasteiger partial charge in [-0.2, -0.15) is 0 Å². The zero-order chi connectivity index (χ0) is 18.6. The molecular weight excluding hydrogens is 336 g/mol. The van der Waals surface area contributed by atoms with Gasteiger partial charge in [0.15, 0.2) is 5.58 Å². The summed E-state index contributed by atoms with van der Waals surface area (Å²) in [6.45, 7) is 2.78. The summed E-state index contributed by atoms with van der Waals surface area (Å²) in [6, 6.07) is 21.9. The van der Waals surface area contributed by atoms with Gasteiger partial charge in [-0.15, -0.1) is 0 Å². The Hall–Kier alpha value is -3.27. The Kier molecular flexibility index (Phi) is 4.79. The molecule has 4 nitrogen and oxygen atoms in total. The topological polar surface area (TPSA) is 47.2 Å². The standard InChI is InChI=1S/C23H22N2O2/c1-17-9-11-19(12-10-17)24-23(26)21-16-22-20(13-15-27-22)25(21)14-5-8-18-6-3-2-4-7-18/h2-4,6-7,9-13,15-16H,5,8,14H2,1H3,(H,24,26). The first-order chi connectivity index (χ1) is 13.2. The molecule has 2 aromatic heterocycles. The highest BCUT2D eigenvalue weighted by Gasteiger charge is 2.17. The third-order valence-corrected chi connectivity index (χ3v) is 4.75. The number of rotatable bonds is 6. The van der Waals surface area contributed by atoms with Crippen LogP contribution in [0.15, 0.2) is 77.4 Å². The number of aromatic nitrogens is 1. The first kappa shape index (κ1) is 17.2. The first-order valence-corrected chi connectivity index (χ1v) is 9.19. The highest BCUT2D eigenvalue weighted by Crippen LogP contribution is 2.23. The average Bonchev–Trinajstić information content (AvgIpc) is 3.27. The first-order valence-electron chi connectivity index (χ1n) is 9.19. The van der Waals surface area contributed by atoms with Gasteiger partial charge in [0.05, 0.1) is 11.8 Å². The fourth-order valence-corrected chi connectivity index (χ4v) is 3.32. The molecule has 0 fully saturated rings. The predicted octanol–water partition coefficient (Wildman–Crippen LogP) is 5.43. The van der Waals surface area contributed by atoms with Crippen LogP contribution in [0.2, 0.25) is 0 Å². The third-order valence-electron chi connectivity index (χ3n) is 4.75. The van der Waals surface area contributed by atoms with Crippen molar-refractivity contribution < 1.29 is 9.21 Å². The lowest BCUT2D eigenvalue weighted by atomic mass is 10.1. The number of aryl methyl sites for hydroxylation is 3. The van der Waals surface area contributed by atoms with Crippen LogP contribution in [0.5, 0.6) is 0 Å². The van der Waals surface area contributed by atoms with Crippen molar-refractivity contribution in [3.8, 4) is 0 Å². The fourth-order valence-electron chi connectivity index (χ4n) is 3.32. The second-order valence-corrected chi connectivity index (χ2v) is 6.76. The van der Waals surface area contributed by atoms with Gasteiger partial charge in [0.25, 0.3) is 5.91 Å². The maximum atomic E-state index is 12.8. The molecular formula is C23H22N2O2. The zero-order valence-corrected chi connectivity index (χ0v) is 15.3. The van der Waals surface area contributed by atoms with E-state index in [0.29, 0.717) is 5.69 Å². The number of furan rings is 1. The molecule has 27 heavy (non-hydrogen) atoms. The second-order valence-electron chi connectivity index (χ2n) is 6.76. The van der Waals surface area contributed by atoms with Crippen LogP contribution in [0.4, 0.5) is 5.69 Å². The molecule has 136 valence electrons. The molecule has 0 unspecified atom stereocenters.